The summed E-state index contributed by atoms with van der Waals surface area (Å²) < 4.78 is 5.59. The molecule has 2 rings (SSSR count). The summed E-state index contributed by atoms with van der Waals surface area (Å²) in [6.07, 6.45) is 0.0608. The van der Waals surface area contributed by atoms with Crippen LogP contribution in [0, 0.1) is 0 Å². The molecule has 0 aliphatic heterocycles. The maximum Gasteiger partial charge on any atom is 0.152 e. The standard InChI is InChI=1S/C13H16ClNO2/c1-15(2)7-6-11(16)12-8-9-4-3-5-10(14)13(9)17-12/h3-5,8,11,16H,6-7H2,1-2H3. The second-order valence-electron chi connectivity index (χ2n) is 4.41. The number of hydrogen-bond donors (Lipinski definition) is 1. The van der Waals surface area contributed by atoms with E-state index in [2.05, 4.69) is 0 Å². The van der Waals surface area contributed by atoms with Gasteiger partial charge in [0, 0.05) is 11.9 Å². The van der Waals surface area contributed by atoms with Crippen molar-refractivity contribution in [2.24, 2.45) is 0 Å². The molecule has 1 aromatic carbocycles. The van der Waals surface area contributed by atoms with Crippen LogP contribution >= 0.6 is 11.6 Å². The lowest BCUT2D eigenvalue weighted by molar-refractivity contribution is 0.131. The van der Waals surface area contributed by atoms with Crippen molar-refractivity contribution in [3.63, 3.8) is 0 Å². The second-order valence-corrected chi connectivity index (χ2v) is 4.82. The normalized spacial score (nSPS) is 13.5. The zero-order valence-corrected chi connectivity index (χ0v) is 10.7. The summed E-state index contributed by atoms with van der Waals surface area (Å²) in [5.41, 5.74) is 0.646. The molecule has 0 saturated carbocycles. The fourth-order valence-corrected chi connectivity index (χ4v) is 1.95. The maximum atomic E-state index is 10.00. The van der Waals surface area contributed by atoms with Gasteiger partial charge in [-0.05, 0) is 32.6 Å². The predicted molar refractivity (Wildman–Crippen MR) is 69.4 cm³/mol. The quantitative estimate of drug-likeness (QED) is 0.910. The van der Waals surface area contributed by atoms with Crippen LogP contribution in [0.2, 0.25) is 5.02 Å². The Kier molecular flexibility index (Phi) is 3.72. The zero-order chi connectivity index (χ0) is 12.4. The van der Waals surface area contributed by atoms with Gasteiger partial charge in [0.1, 0.15) is 11.9 Å². The number of benzene rings is 1. The molecular formula is C13H16ClNO2. The number of fused-ring (bicyclic) bond motifs is 1. The number of halogens is 1. The van der Waals surface area contributed by atoms with E-state index in [9.17, 15) is 5.11 Å². The molecule has 0 fully saturated rings. The smallest absolute Gasteiger partial charge is 0.152 e. The lowest BCUT2D eigenvalue weighted by Gasteiger charge is -2.12. The molecule has 3 nitrogen and oxygen atoms in total. The van der Waals surface area contributed by atoms with Gasteiger partial charge in [0.2, 0.25) is 0 Å². The van der Waals surface area contributed by atoms with E-state index in [1.165, 1.54) is 0 Å². The minimum absolute atomic E-state index is 0.577. The number of aliphatic hydroxyl groups excluding tert-OH is 1. The molecule has 17 heavy (non-hydrogen) atoms. The van der Waals surface area contributed by atoms with Gasteiger partial charge in [-0.15, -0.1) is 0 Å². The van der Waals surface area contributed by atoms with E-state index >= 15 is 0 Å². The Morgan fingerprint density at radius 3 is 2.82 bits per heavy atom. The minimum Gasteiger partial charge on any atom is -0.457 e. The van der Waals surface area contributed by atoms with Crippen molar-refractivity contribution < 1.29 is 9.52 Å². The number of hydrogen-bond acceptors (Lipinski definition) is 3. The Morgan fingerprint density at radius 2 is 2.18 bits per heavy atom. The van der Waals surface area contributed by atoms with Crippen LogP contribution in [-0.4, -0.2) is 30.6 Å². The van der Waals surface area contributed by atoms with Crippen molar-refractivity contribution in [2.75, 3.05) is 20.6 Å². The van der Waals surface area contributed by atoms with Gasteiger partial charge in [0.15, 0.2) is 5.58 Å². The summed E-state index contributed by atoms with van der Waals surface area (Å²) in [7, 11) is 3.95. The van der Waals surface area contributed by atoms with E-state index in [-0.39, 0.29) is 0 Å². The van der Waals surface area contributed by atoms with E-state index in [0.717, 1.165) is 11.9 Å². The highest BCUT2D eigenvalue weighted by molar-refractivity contribution is 6.34. The van der Waals surface area contributed by atoms with E-state index in [1.807, 2.05) is 37.2 Å². The first-order chi connectivity index (χ1) is 8.08. The fraction of sp³-hybridized carbons (Fsp3) is 0.385. The van der Waals surface area contributed by atoms with Crippen LogP contribution in [0.1, 0.15) is 18.3 Å². The molecule has 2 aromatic rings. The molecule has 4 heteroatoms. The van der Waals surface area contributed by atoms with Crippen molar-refractivity contribution in [3.8, 4) is 0 Å². The first kappa shape index (κ1) is 12.4. The van der Waals surface area contributed by atoms with Gasteiger partial charge in [0.25, 0.3) is 0 Å². The topological polar surface area (TPSA) is 36.6 Å². The third-order valence-electron chi connectivity index (χ3n) is 2.69. The highest BCUT2D eigenvalue weighted by atomic mass is 35.5. The van der Waals surface area contributed by atoms with E-state index < -0.39 is 6.10 Å². The summed E-state index contributed by atoms with van der Waals surface area (Å²) in [5.74, 6) is 0.579. The Balaban J connectivity index is 2.21. The van der Waals surface area contributed by atoms with Crippen LogP contribution in [0.4, 0.5) is 0 Å². The Labute approximate surface area is 106 Å². The first-order valence-corrected chi connectivity index (χ1v) is 5.96. The van der Waals surface area contributed by atoms with E-state index in [1.54, 1.807) is 6.07 Å². The van der Waals surface area contributed by atoms with Gasteiger partial charge in [0.05, 0.1) is 5.02 Å². The average molecular weight is 254 g/mol. The summed E-state index contributed by atoms with van der Waals surface area (Å²) in [4.78, 5) is 2.03. The van der Waals surface area contributed by atoms with Gasteiger partial charge in [-0.3, -0.25) is 0 Å². The third kappa shape index (κ3) is 2.80. The van der Waals surface area contributed by atoms with E-state index in [4.69, 9.17) is 16.0 Å². The Hall–Kier alpha value is -1.03. The van der Waals surface area contributed by atoms with Crippen molar-refractivity contribution >= 4 is 22.6 Å². The molecule has 0 aliphatic rings. The minimum atomic E-state index is -0.583. The second kappa shape index (κ2) is 5.08. The Morgan fingerprint density at radius 1 is 1.41 bits per heavy atom. The number of nitrogens with zero attached hydrogens (tertiary/aromatic N) is 1. The number of furan rings is 1. The molecule has 1 aromatic heterocycles. The largest absolute Gasteiger partial charge is 0.457 e. The first-order valence-electron chi connectivity index (χ1n) is 5.58. The van der Waals surface area contributed by atoms with Crippen LogP contribution in [0.5, 0.6) is 0 Å². The van der Waals surface area contributed by atoms with Crippen LogP contribution < -0.4 is 0 Å². The highest BCUT2D eigenvalue weighted by Crippen LogP contribution is 2.30. The molecular weight excluding hydrogens is 238 g/mol. The molecule has 92 valence electrons. The van der Waals surface area contributed by atoms with Gasteiger partial charge in [-0.1, -0.05) is 23.7 Å². The van der Waals surface area contributed by atoms with Crippen molar-refractivity contribution in [1.29, 1.82) is 0 Å². The van der Waals surface area contributed by atoms with Gasteiger partial charge in [-0.25, -0.2) is 0 Å². The van der Waals surface area contributed by atoms with Gasteiger partial charge in [-0.2, -0.15) is 0 Å². The molecule has 0 spiro atoms. The average Bonchev–Trinajstić information content (AvgIpc) is 2.71. The number of para-hydroxylation sites is 1. The summed E-state index contributed by atoms with van der Waals surface area (Å²) in [5, 5.41) is 11.5. The number of aliphatic hydroxyl groups is 1. The zero-order valence-electron chi connectivity index (χ0n) is 9.98. The SMILES string of the molecule is CN(C)CCC(O)c1cc2cccc(Cl)c2o1. The van der Waals surface area contributed by atoms with Crippen molar-refractivity contribution in [1.82, 2.24) is 4.90 Å². The van der Waals surface area contributed by atoms with Crippen molar-refractivity contribution in [3.05, 3.63) is 35.0 Å². The molecule has 1 unspecified atom stereocenters. The molecule has 0 bridgehead atoms. The highest BCUT2D eigenvalue weighted by Gasteiger charge is 2.14. The fourth-order valence-electron chi connectivity index (χ4n) is 1.73. The summed E-state index contributed by atoms with van der Waals surface area (Å²) in [6.45, 7) is 0.811. The van der Waals surface area contributed by atoms with Crippen LogP contribution in [0.3, 0.4) is 0 Å². The number of rotatable bonds is 4. The molecule has 1 atom stereocenters. The lowest BCUT2D eigenvalue weighted by atomic mass is 10.2. The van der Waals surface area contributed by atoms with Gasteiger partial charge < -0.3 is 14.4 Å². The lowest BCUT2D eigenvalue weighted by Crippen LogP contribution is -2.15. The maximum absolute atomic E-state index is 10.00. The predicted octanol–water partition coefficient (Wildman–Crippen LogP) is 3.07. The molecule has 1 heterocycles. The third-order valence-corrected chi connectivity index (χ3v) is 2.99. The summed E-state index contributed by atoms with van der Waals surface area (Å²) in [6, 6.07) is 7.42. The van der Waals surface area contributed by atoms with Crippen LogP contribution in [0.25, 0.3) is 11.0 Å². The molecule has 1 N–H and O–H groups in total. The molecule has 0 amide bonds. The monoisotopic (exact) mass is 253 g/mol. The van der Waals surface area contributed by atoms with Crippen molar-refractivity contribution in [2.45, 2.75) is 12.5 Å². The van der Waals surface area contributed by atoms with Gasteiger partial charge >= 0.3 is 0 Å². The molecule has 0 saturated heterocycles. The van der Waals surface area contributed by atoms with Crippen LogP contribution in [-0.2, 0) is 0 Å². The molecule has 0 radical (unpaired) electrons. The summed E-state index contributed by atoms with van der Waals surface area (Å²) >= 11 is 6.02. The van der Waals surface area contributed by atoms with E-state index in [0.29, 0.717) is 22.8 Å². The Bertz CT molecular complexity index is 507. The van der Waals surface area contributed by atoms with Crippen LogP contribution in [0.15, 0.2) is 28.7 Å². The molecule has 0 aliphatic carbocycles.